The Balaban J connectivity index is 2.30. The number of carbonyl (C=O) groups excluding carboxylic acids is 1. The molecule has 2 N–H and O–H groups in total. The fraction of sp³-hybridized carbons (Fsp3) is 0.462. The Morgan fingerprint density at radius 2 is 2.19 bits per heavy atom. The Morgan fingerprint density at radius 3 is 2.76 bits per heavy atom. The highest BCUT2D eigenvalue weighted by atomic mass is 79.9. The lowest BCUT2D eigenvalue weighted by Crippen LogP contribution is -2.45. The van der Waals surface area contributed by atoms with Crippen molar-refractivity contribution in [2.24, 2.45) is 0 Å². The Bertz CT molecular complexity index is 658. The van der Waals surface area contributed by atoms with Crippen molar-refractivity contribution in [3.8, 4) is 0 Å². The third-order valence-electron chi connectivity index (χ3n) is 3.28. The number of rotatable bonds is 3. The van der Waals surface area contributed by atoms with Gasteiger partial charge in [-0.25, -0.2) is 12.8 Å². The van der Waals surface area contributed by atoms with Crippen molar-refractivity contribution in [3.05, 3.63) is 28.0 Å². The van der Waals surface area contributed by atoms with E-state index in [2.05, 4.69) is 26.6 Å². The number of halogens is 2. The third-order valence-corrected chi connectivity index (χ3v) is 4.83. The molecule has 116 valence electrons. The summed E-state index contributed by atoms with van der Waals surface area (Å²) in [5.41, 5.74) is -0.268. The summed E-state index contributed by atoms with van der Waals surface area (Å²) in [5.74, 6) is -1.62. The van der Waals surface area contributed by atoms with E-state index in [1.54, 1.807) is 0 Å². The van der Waals surface area contributed by atoms with Crippen LogP contribution >= 0.6 is 15.9 Å². The molecule has 8 heteroatoms. The van der Waals surface area contributed by atoms with Crippen LogP contribution in [0, 0.1) is 5.82 Å². The second-order valence-electron chi connectivity index (χ2n) is 5.05. The number of amides is 1. The molecule has 1 aromatic rings. The van der Waals surface area contributed by atoms with Gasteiger partial charge < -0.3 is 10.6 Å². The van der Waals surface area contributed by atoms with Crippen LogP contribution in [0.5, 0.6) is 0 Å². The number of piperidine rings is 1. The predicted molar refractivity (Wildman–Crippen MR) is 80.6 cm³/mol. The minimum Gasteiger partial charge on any atom is -0.348 e. The fourth-order valence-electron chi connectivity index (χ4n) is 2.24. The van der Waals surface area contributed by atoms with Crippen LogP contribution in [0.1, 0.15) is 23.2 Å². The summed E-state index contributed by atoms with van der Waals surface area (Å²) in [4.78, 5) is 11.7. The van der Waals surface area contributed by atoms with Gasteiger partial charge in [-0.2, -0.15) is 0 Å². The smallest absolute Gasteiger partial charge is 0.254 e. The maximum Gasteiger partial charge on any atom is 0.254 e. The SMILES string of the molecule is CS(=O)(=O)c1cc(Br)cc(C(=O)NC2CCCNC2)c1F. The lowest BCUT2D eigenvalue weighted by atomic mass is 10.1. The predicted octanol–water partition coefficient (Wildman–Crippen LogP) is 1.47. The van der Waals surface area contributed by atoms with E-state index in [1.807, 2.05) is 0 Å². The molecule has 1 fully saturated rings. The standard InChI is InChI=1S/C13H16BrFN2O3S/c1-21(19,20)11-6-8(14)5-10(12(11)15)13(18)17-9-3-2-4-16-7-9/h5-6,9,16H,2-4,7H2,1H3,(H,17,18). The molecular weight excluding hydrogens is 363 g/mol. The minimum atomic E-state index is -3.74. The van der Waals surface area contributed by atoms with Crippen molar-refractivity contribution in [3.63, 3.8) is 0 Å². The maximum absolute atomic E-state index is 14.3. The molecule has 1 aliphatic rings. The number of nitrogens with one attached hydrogen (secondary N) is 2. The molecule has 5 nitrogen and oxygen atoms in total. The third kappa shape index (κ3) is 4.02. The molecule has 0 aliphatic carbocycles. The molecule has 21 heavy (non-hydrogen) atoms. The van der Waals surface area contributed by atoms with Crippen LogP contribution in [0.3, 0.4) is 0 Å². The van der Waals surface area contributed by atoms with Gasteiger partial charge in [0.15, 0.2) is 15.7 Å². The van der Waals surface area contributed by atoms with E-state index >= 15 is 0 Å². The summed E-state index contributed by atoms with van der Waals surface area (Å²) in [6.45, 7) is 1.52. The molecule has 1 heterocycles. The van der Waals surface area contributed by atoms with E-state index in [-0.39, 0.29) is 11.6 Å². The van der Waals surface area contributed by atoms with Gasteiger partial charge in [-0.15, -0.1) is 0 Å². The molecule has 0 bridgehead atoms. The number of benzene rings is 1. The Kier molecular flexibility index (Phi) is 5.00. The summed E-state index contributed by atoms with van der Waals surface area (Å²) in [6.07, 6.45) is 2.65. The minimum absolute atomic E-state index is 0.0775. The highest BCUT2D eigenvalue weighted by Crippen LogP contribution is 2.24. The van der Waals surface area contributed by atoms with Crippen molar-refractivity contribution >= 4 is 31.7 Å². The zero-order valence-electron chi connectivity index (χ0n) is 11.4. The first-order chi connectivity index (χ1) is 9.79. The molecule has 1 amide bonds. The largest absolute Gasteiger partial charge is 0.348 e. The molecule has 1 aliphatic heterocycles. The first-order valence-corrected chi connectivity index (χ1v) is 9.18. The number of hydrogen-bond acceptors (Lipinski definition) is 4. The Morgan fingerprint density at radius 1 is 1.48 bits per heavy atom. The average molecular weight is 379 g/mol. The molecule has 0 aromatic heterocycles. The van der Waals surface area contributed by atoms with Gasteiger partial charge in [-0.05, 0) is 31.5 Å². The monoisotopic (exact) mass is 378 g/mol. The number of sulfone groups is 1. The Hall–Kier alpha value is -0.990. The molecular formula is C13H16BrFN2O3S. The molecule has 1 atom stereocenters. The van der Waals surface area contributed by atoms with E-state index in [0.29, 0.717) is 11.0 Å². The van der Waals surface area contributed by atoms with Crippen LogP contribution in [-0.2, 0) is 9.84 Å². The first kappa shape index (κ1) is 16.4. The number of carbonyl (C=O) groups is 1. The van der Waals surface area contributed by atoms with Gasteiger partial charge in [0.25, 0.3) is 5.91 Å². The van der Waals surface area contributed by atoms with E-state index < -0.39 is 26.5 Å². The molecule has 1 aromatic carbocycles. The van der Waals surface area contributed by atoms with Gasteiger partial charge in [0, 0.05) is 23.3 Å². The highest BCUT2D eigenvalue weighted by molar-refractivity contribution is 9.10. The summed E-state index contributed by atoms with van der Waals surface area (Å²) in [5, 5.41) is 5.86. The van der Waals surface area contributed by atoms with Crippen molar-refractivity contribution in [2.75, 3.05) is 19.3 Å². The lowest BCUT2D eigenvalue weighted by Gasteiger charge is -2.24. The maximum atomic E-state index is 14.3. The summed E-state index contributed by atoms with van der Waals surface area (Å²) in [6, 6.07) is 2.37. The van der Waals surface area contributed by atoms with E-state index in [9.17, 15) is 17.6 Å². The van der Waals surface area contributed by atoms with Crippen molar-refractivity contribution in [1.82, 2.24) is 10.6 Å². The second-order valence-corrected chi connectivity index (χ2v) is 7.95. The quantitative estimate of drug-likeness (QED) is 0.834. The van der Waals surface area contributed by atoms with E-state index in [0.717, 1.165) is 31.7 Å². The lowest BCUT2D eigenvalue weighted by molar-refractivity contribution is 0.0926. The normalized spacial score (nSPS) is 19.3. The van der Waals surface area contributed by atoms with E-state index in [1.165, 1.54) is 6.07 Å². The first-order valence-electron chi connectivity index (χ1n) is 6.49. The van der Waals surface area contributed by atoms with Crippen LogP contribution in [0.25, 0.3) is 0 Å². The van der Waals surface area contributed by atoms with Crippen LogP contribution in [0.15, 0.2) is 21.5 Å². The molecule has 0 saturated carbocycles. The molecule has 1 saturated heterocycles. The summed E-state index contributed by atoms with van der Waals surface area (Å²) >= 11 is 3.11. The van der Waals surface area contributed by atoms with Gasteiger partial charge in [0.1, 0.15) is 4.90 Å². The molecule has 2 rings (SSSR count). The fourth-order valence-corrected chi connectivity index (χ4v) is 3.62. The van der Waals surface area contributed by atoms with E-state index in [4.69, 9.17) is 0 Å². The van der Waals surface area contributed by atoms with Gasteiger partial charge in [-0.1, -0.05) is 15.9 Å². The number of hydrogen-bond donors (Lipinski definition) is 2. The highest BCUT2D eigenvalue weighted by Gasteiger charge is 2.24. The second kappa shape index (κ2) is 6.41. The van der Waals surface area contributed by atoms with Gasteiger partial charge >= 0.3 is 0 Å². The topological polar surface area (TPSA) is 75.3 Å². The van der Waals surface area contributed by atoms with Gasteiger partial charge in [-0.3, -0.25) is 4.79 Å². The average Bonchev–Trinajstić information content (AvgIpc) is 2.40. The van der Waals surface area contributed by atoms with Crippen LogP contribution in [-0.4, -0.2) is 39.7 Å². The molecule has 0 spiro atoms. The van der Waals surface area contributed by atoms with Crippen LogP contribution in [0.4, 0.5) is 4.39 Å². The molecule has 1 unspecified atom stereocenters. The Labute approximate surface area is 131 Å². The summed E-state index contributed by atoms with van der Waals surface area (Å²) in [7, 11) is -3.74. The van der Waals surface area contributed by atoms with Crippen LogP contribution in [0.2, 0.25) is 0 Å². The van der Waals surface area contributed by atoms with Crippen molar-refractivity contribution in [2.45, 2.75) is 23.8 Å². The van der Waals surface area contributed by atoms with Crippen LogP contribution < -0.4 is 10.6 Å². The zero-order chi connectivity index (χ0) is 15.6. The molecule has 0 radical (unpaired) electrons. The van der Waals surface area contributed by atoms with Crippen molar-refractivity contribution < 1.29 is 17.6 Å². The zero-order valence-corrected chi connectivity index (χ0v) is 13.9. The van der Waals surface area contributed by atoms with Crippen molar-refractivity contribution in [1.29, 1.82) is 0 Å². The van der Waals surface area contributed by atoms with Gasteiger partial charge in [0.2, 0.25) is 0 Å². The van der Waals surface area contributed by atoms with Gasteiger partial charge in [0.05, 0.1) is 5.56 Å². The summed E-state index contributed by atoms with van der Waals surface area (Å²) < 4.78 is 37.8.